The standard InChI is InChI=1S/C21H18Cl2F2N4O3S/c1-11(30)27-14-9-29(10-14)33(31,32)19-8-26-21(28-19)20(12-2-4-17(24)15(22)6-12)13-3-5-18(25)16(23)7-13/h2-8,14,20H,9-10H2,1H3,(H,26,28)(H,27,30). The molecule has 3 aromatic rings. The van der Waals surface area contributed by atoms with Crippen molar-refractivity contribution < 1.29 is 22.0 Å². The molecule has 1 aliphatic heterocycles. The molecule has 2 N–H and O–H groups in total. The molecule has 1 amide bonds. The Morgan fingerprint density at radius 2 is 1.67 bits per heavy atom. The van der Waals surface area contributed by atoms with Crippen LogP contribution in [-0.2, 0) is 14.8 Å². The van der Waals surface area contributed by atoms with E-state index in [9.17, 15) is 22.0 Å². The number of hydrogen-bond donors (Lipinski definition) is 2. The van der Waals surface area contributed by atoms with Crippen LogP contribution < -0.4 is 5.32 Å². The summed E-state index contributed by atoms with van der Waals surface area (Å²) in [7, 11) is -3.89. The highest BCUT2D eigenvalue weighted by Crippen LogP contribution is 2.35. The summed E-state index contributed by atoms with van der Waals surface area (Å²) in [6.07, 6.45) is 1.18. The van der Waals surface area contributed by atoms with E-state index in [-0.39, 0.29) is 45.9 Å². The normalized spacial score (nSPS) is 15.0. The number of benzene rings is 2. The molecule has 1 aliphatic rings. The smallest absolute Gasteiger partial charge is 0.260 e. The van der Waals surface area contributed by atoms with Crippen molar-refractivity contribution in [2.45, 2.75) is 23.9 Å². The van der Waals surface area contributed by atoms with Crippen molar-refractivity contribution in [3.05, 3.63) is 81.2 Å². The van der Waals surface area contributed by atoms with Gasteiger partial charge >= 0.3 is 0 Å². The number of aromatic nitrogens is 2. The van der Waals surface area contributed by atoms with Gasteiger partial charge in [0.2, 0.25) is 5.91 Å². The molecule has 0 saturated carbocycles. The first kappa shape index (κ1) is 23.6. The van der Waals surface area contributed by atoms with Crippen molar-refractivity contribution in [3.8, 4) is 0 Å². The largest absolute Gasteiger partial charge is 0.351 e. The van der Waals surface area contributed by atoms with Gasteiger partial charge in [-0.1, -0.05) is 35.3 Å². The minimum atomic E-state index is -3.89. The lowest BCUT2D eigenvalue weighted by Gasteiger charge is -2.37. The van der Waals surface area contributed by atoms with Crippen LogP contribution >= 0.6 is 23.2 Å². The van der Waals surface area contributed by atoms with E-state index in [1.807, 2.05) is 0 Å². The molecule has 0 aliphatic carbocycles. The van der Waals surface area contributed by atoms with Gasteiger partial charge in [-0.05, 0) is 35.4 Å². The molecule has 0 bridgehead atoms. The molecule has 1 fully saturated rings. The lowest BCUT2D eigenvalue weighted by atomic mass is 9.90. The van der Waals surface area contributed by atoms with Crippen LogP contribution in [0.2, 0.25) is 10.0 Å². The highest BCUT2D eigenvalue weighted by molar-refractivity contribution is 7.89. The second-order valence-electron chi connectivity index (χ2n) is 7.63. The summed E-state index contributed by atoms with van der Waals surface area (Å²) in [6.45, 7) is 1.64. The Labute approximate surface area is 198 Å². The molecule has 12 heteroatoms. The predicted octanol–water partition coefficient (Wildman–Crippen LogP) is 3.68. The van der Waals surface area contributed by atoms with Crippen molar-refractivity contribution in [3.63, 3.8) is 0 Å². The molecule has 33 heavy (non-hydrogen) atoms. The Balaban J connectivity index is 1.70. The van der Waals surface area contributed by atoms with E-state index in [1.165, 1.54) is 53.8 Å². The molecule has 0 radical (unpaired) electrons. The minimum Gasteiger partial charge on any atom is -0.351 e. The van der Waals surface area contributed by atoms with Gasteiger partial charge in [0.1, 0.15) is 17.5 Å². The van der Waals surface area contributed by atoms with Gasteiger partial charge in [0.25, 0.3) is 10.0 Å². The van der Waals surface area contributed by atoms with Gasteiger partial charge in [-0.2, -0.15) is 4.31 Å². The van der Waals surface area contributed by atoms with Crippen LogP contribution in [0.15, 0.2) is 47.6 Å². The quantitative estimate of drug-likeness (QED) is 0.524. The number of carbonyl (C=O) groups excluding carboxylic acids is 1. The van der Waals surface area contributed by atoms with E-state index in [2.05, 4.69) is 15.3 Å². The molecule has 0 atom stereocenters. The molecule has 0 unspecified atom stereocenters. The first-order valence-electron chi connectivity index (χ1n) is 9.78. The van der Waals surface area contributed by atoms with Gasteiger partial charge in [0, 0.05) is 20.0 Å². The number of hydrogen-bond acceptors (Lipinski definition) is 4. The first-order valence-corrected chi connectivity index (χ1v) is 12.0. The Morgan fingerprint density at radius 1 is 1.12 bits per heavy atom. The summed E-state index contributed by atoms with van der Waals surface area (Å²) in [5.41, 5.74) is 0.995. The Morgan fingerprint density at radius 3 is 2.15 bits per heavy atom. The van der Waals surface area contributed by atoms with Gasteiger partial charge in [-0.15, -0.1) is 0 Å². The number of nitrogens with zero attached hydrogens (tertiary/aromatic N) is 2. The van der Waals surface area contributed by atoms with E-state index in [4.69, 9.17) is 23.2 Å². The monoisotopic (exact) mass is 514 g/mol. The number of sulfonamides is 1. The summed E-state index contributed by atoms with van der Waals surface area (Å²) >= 11 is 11.9. The highest BCUT2D eigenvalue weighted by Gasteiger charge is 2.38. The van der Waals surface area contributed by atoms with Gasteiger partial charge in [0.05, 0.1) is 28.2 Å². The van der Waals surface area contributed by atoms with Crippen molar-refractivity contribution in [1.29, 1.82) is 0 Å². The summed E-state index contributed by atoms with van der Waals surface area (Å²) in [5.74, 6) is -1.98. The molecule has 7 nitrogen and oxygen atoms in total. The summed E-state index contributed by atoms with van der Waals surface area (Å²) in [4.78, 5) is 18.2. The van der Waals surface area contributed by atoms with E-state index < -0.39 is 27.6 Å². The highest BCUT2D eigenvalue weighted by atomic mass is 35.5. The number of halogens is 4. The molecule has 1 aromatic heterocycles. The van der Waals surface area contributed by atoms with Crippen molar-refractivity contribution in [2.24, 2.45) is 0 Å². The van der Waals surface area contributed by atoms with E-state index in [0.717, 1.165) is 0 Å². The van der Waals surface area contributed by atoms with Crippen LogP contribution in [0.25, 0.3) is 0 Å². The molecule has 0 spiro atoms. The van der Waals surface area contributed by atoms with Gasteiger partial charge in [-0.25, -0.2) is 22.2 Å². The molecule has 2 aromatic carbocycles. The molecular weight excluding hydrogens is 497 g/mol. The topological polar surface area (TPSA) is 95.2 Å². The summed E-state index contributed by atoms with van der Waals surface area (Å²) in [6, 6.07) is 7.85. The zero-order valence-electron chi connectivity index (χ0n) is 17.1. The minimum absolute atomic E-state index is 0.130. The van der Waals surface area contributed by atoms with Crippen LogP contribution in [-0.4, -0.2) is 47.7 Å². The molecule has 4 rings (SSSR count). The third-order valence-corrected chi connectivity index (χ3v) is 7.59. The number of H-pyrrole nitrogens is 1. The fourth-order valence-electron chi connectivity index (χ4n) is 3.64. The SMILES string of the molecule is CC(=O)NC1CN(S(=O)(=O)c2cnc(C(c3ccc(F)c(Cl)c3)c3ccc(F)c(Cl)c3)[nH]2)C1. The summed E-state index contributed by atoms with van der Waals surface area (Å²) < 4.78 is 54.6. The third kappa shape index (κ3) is 4.74. The molecule has 2 heterocycles. The average molecular weight is 515 g/mol. The second kappa shape index (κ2) is 9.02. The van der Waals surface area contributed by atoms with Gasteiger partial charge in [-0.3, -0.25) is 4.79 Å². The van der Waals surface area contributed by atoms with Crippen LogP contribution in [0.3, 0.4) is 0 Å². The number of rotatable bonds is 6. The van der Waals surface area contributed by atoms with Crippen LogP contribution in [0.1, 0.15) is 29.8 Å². The molecule has 1 saturated heterocycles. The summed E-state index contributed by atoms with van der Waals surface area (Å²) in [5, 5.41) is 2.25. The number of nitrogens with one attached hydrogen (secondary N) is 2. The Kier molecular flexibility index (Phi) is 6.45. The lowest BCUT2D eigenvalue weighted by molar-refractivity contribution is -0.120. The Bertz CT molecular complexity index is 1280. The van der Waals surface area contributed by atoms with Gasteiger partial charge in [0.15, 0.2) is 5.03 Å². The van der Waals surface area contributed by atoms with Crippen LogP contribution in [0, 0.1) is 11.6 Å². The van der Waals surface area contributed by atoms with Crippen molar-refractivity contribution >= 4 is 39.1 Å². The van der Waals surface area contributed by atoms with Gasteiger partial charge < -0.3 is 10.3 Å². The maximum Gasteiger partial charge on any atom is 0.260 e. The zero-order chi connectivity index (χ0) is 23.9. The predicted molar refractivity (Wildman–Crippen MR) is 119 cm³/mol. The fourth-order valence-corrected chi connectivity index (χ4v) is 5.47. The zero-order valence-corrected chi connectivity index (χ0v) is 19.5. The van der Waals surface area contributed by atoms with Crippen molar-refractivity contribution in [2.75, 3.05) is 13.1 Å². The third-order valence-electron chi connectivity index (χ3n) is 5.27. The molecule has 174 valence electrons. The molecular formula is C21H18Cl2F2N4O3S. The Hall–Kier alpha value is -2.53. The van der Waals surface area contributed by atoms with E-state index >= 15 is 0 Å². The number of amides is 1. The number of carbonyl (C=O) groups is 1. The number of aromatic amines is 1. The van der Waals surface area contributed by atoms with Crippen LogP contribution in [0.4, 0.5) is 8.78 Å². The number of imidazole rings is 1. The van der Waals surface area contributed by atoms with E-state index in [0.29, 0.717) is 11.1 Å². The van der Waals surface area contributed by atoms with Crippen LogP contribution in [0.5, 0.6) is 0 Å². The van der Waals surface area contributed by atoms with Crippen molar-refractivity contribution in [1.82, 2.24) is 19.6 Å². The fraction of sp³-hybridized carbons (Fsp3) is 0.238. The van der Waals surface area contributed by atoms with E-state index in [1.54, 1.807) is 0 Å². The maximum absolute atomic E-state index is 13.8. The maximum atomic E-state index is 13.8. The first-order chi connectivity index (χ1) is 15.6. The average Bonchev–Trinajstić information content (AvgIpc) is 3.20. The second-order valence-corrected chi connectivity index (χ2v) is 10.4. The lowest BCUT2D eigenvalue weighted by Crippen LogP contribution is -2.60.